The lowest BCUT2D eigenvalue weighted by atomic mass is 10.1. The van der Waals surface area contributed by atoms with Gasteiger partial charge in [0.25, 0.3) is 0 Å². The van der Waals surface area contributed by atoms with Gasteiger partial charge < -0.3 is 13.8 Å². The zero-order chi connectivity index (χ0) is 16.4. The fourth-order valence-corrected chi connectivity index (χ4v) is 2.48. The third-order valence-corrected chi connectivity index (χ3v) is 3.68. The highest BCUT2D eigenvalue weighted by atomic mass is 31.1. The van der Waals surface area contributed by atoms with Crippen molar-refractivity contribution in [3.8, 4) is 11.3 Å². The van der Waals surface area contributed by atoms with Crippen LogP contribution in [0.2, 0.25) is 0 Å². The van der Waals surface area contributed by atoms with E-state index in [4.69, 9.17) is 9.31 Å². The van der Waals surface area contributed by atoms with Crippen molar-refractivity contribution >= 4 is 25.0 Å². The van der Waals surface area contributed by atoms with Crippen molar-refractivity contribution in [3.05, 3.63) is 59.9 Å². The molecule has 0 saturated carbocycles. The van der Waals surface area contributed by atoms with Gasteiger partial charge in [-0.2, -0.15) is 0 Å². The lowest BCUT2D eigenvalue weighted by Crippen LogP contribution is -2.08. The first-order valence-corrected chi connectivity index (χ1v) is 7.98. The average molecular weight is 334 g/mol. The average Bonchev–Trinajstić information content (AvgIpc) is 2.95. The van der Waals surface area contributed by atoms with Gasteiger partial charge in [0.1, 0.15) is 23.8 Å². The van der Waals surface area contributed by atoms with E-state index in [1.807, 2.05) is 30.3 Å². The third-order valence-electron chi connectivity index (χ3n) is 3.29. The lowest BCUT2D eigenvalue weighted by molar-refractivity contribution is 0.0913. The highest BCUT2D eigenvalue weighted by Gasteiger charge is 2.16. The summed E-state index contributed by atoms with van der Waals surface area (Å²) in [5.41, 5.74) is 0.940. The monoisotopic (exact) mass is 334 g/mol. The Morgan fingerprint density at radius 3 is 2.65 bits per heavy atom. The summed E-state index contributed by atoms with van der Waals surface area (Å²) in [6, 6.07) is 13.5. The Bertz CT molecular complexity index is 888. The van der Waals surface area contributed by atoms with Crippen LogP contribution >= 0.6 is 8.25 Å². The molecule has 1 atom stereocenters. The van der Waals surface area contributed by atoms with E-state index in [9.17, 15) is 13.8 Å². The maximum Gasteiger partial charge on any atom is 0.317 e. The van der Waals surface area contributed by atoms with Gasteiger partial charge in [-0.1, -0.05) is 30.3 Å². The van der Waals surface area contributed by atoms with Crippen molar-refractivity contribution in [2.24, 2.45) is 0 Å². The van der Waals surface area contributed by atoms with E-state index in [0.717, 1.165) is 11.6 Å². The first-order valence-electron chi connectivity index (χ1n) is 6.72. The van der Waals surface area contributed by atoms with Crippen molar-refractivity contribution in [2.75, 3.05) is 6.61 Å². The van der Waals surface area contributed by atoms with Crippen molar-refractivity contribution in [1.82, 2.24) is 0 Å². The molecule has 1 N–H and O–H groups in total. The van der Waals surface area contributed by atoms with E-state index in [0.29, 0.717) is 16.7 Å². The van der Waals surface area contributed by atoms with Crippen molar-refractivity contribution in [2.45, 2.75) is 0 Å². The number of hydrogen-bond donors (Lipinski definition) is 1. The number of Topliss-reactive ketones (excluding diaryl/α,β-unsaturated/α-hetero) is 1. The molecular formula is C16H12FO5P. The van der Waals surface area contributed by atoms with Crippen molar-refractivity contribution < 1.29 is 27.6 Å². The molecule has 1 unspecified atom stereocenters. The molecule has 1 aromatic heterocycles. The lowest BCUT2D eigenvalue weighted by Gasteiger charge is -2.02. The molecule has 0 saturated heterocycles. The van der Waals surface area contributed by atoms with Crippen LogP contribution in [0.4, 0.5) is 4.39 Å². The van der Waals surface area contributed by atoms with E-state index >= 15 is 0 Å². The Morgan fingerprint density at radius 2 is 1.96 bits per heavy atom. The number of halogens is 1. The summed E-state index contributed by atoms with van der Waals surface area (Å²) in [6.07, 6.45) is 0. The minimum absolute atomic E-state index is 0.207. The van der Waals surface area contributed by atoms with Gasteiger partial charge in [-0.3, -0.25) is 9.36 Å². The standard InChI is InChI=1S/C16H12FO5P/c17-13-8-16-11(6-12(13)14(18)9-21-23(19)20)7-15(22-16)10-4-2-1-3-5-10/h1-8,23H,9H2,(H,19,20). The maximum absolute atomic E-state index is 14.0. The van der Waals surface area contributed by atoms with Crippen molar-refractivity contribution in [3.63, 3.8) is 0 Å². The molecule has 0 aliphatic carbocycles. The second-order valence-electron chi connectivity index (χ2n) is 4.82. The fourth-order valence-electron chi connectivity index (χ4n) is 2.23. The molecule has 0 aliphatic rings. The molecule has 0 bridgehead atoms. The summed E-state index contributed by atoms with van der Waals surface area (Å²) < 4.78 is 34.5. The maximum atomic E-state index is 14.0. The molecule has 3 rings (SSSR count). The fraction of sp³-hybridized carbons (Fsp3) is 0.0625. The summed E-state index contributed by atoms with van der Waals surface area (Å²) in [7, 11) is -3.23. The Kier molecular flexibility index (Phi) is 4.39. The molecule has 7 heteroatoms. The van der Waals surface area contributed by atoms with E-state index in [-0.39, 0.29) is 5.56 Å². The summed E-state index contributed by atoms with van der Waals surface area (Å²) in [6.45, 7) is -0.653. The van der Waals surface area contributed by atoms with Gasteiger partial charge in [-0.05, 0) is 12.1 Å². The van der Waals surface area contributed by atoms with Crippen LogP contribution in [0.5, 0.6) is 0 Å². The van der Waals surface area contributed by atoms with Gasteiger partial charge in [-0.15, -0.1) is 0 Å². The highest BCUT2D eigenvalue weighted by molar-refractivity contribution is 7.32. The van der Waals surface area contributed by atoms with Gasteiger partial charge >= 0.3 is 8.25 Å². The van der Waals surface area contributed by atoms with Crippen LogP contribution in [0.1, 0.15) is 10.4 Å². The Labute approximate surface area is 131 Å². The smallest absolute Gasteiger partial charge is 0.317 e. The Balaban J connectivity index is 1.98. The number of furan rings is 1. The SMILES string of the molecule is O=C(CO[PH](=O)O)c1cc2cc(-c3ccccc3)oc2cc1F. The van der Waals surface area contributed by atoms with E-state index < -0.39 is 26.5 Å². The van der Waals surface area contributed by atoms with Crippen LogP contribution in [0.25, 0.3) is 22.3 Å². The van der Waals surface area contributed by atoms with Gasteiger partial charge in [0, 0.05) is 17.0 Å². The Morgan fingerprint density at radius 1 is 1.22 bits per heavy atom. The normalized spacial score (nSPS) is 12.4. The molecule has 118 valence electrons. The van der Waals surface area contributed by atoms with Crippen LogP contribution in [0.3, 0.4) is 0 Å². The second-order valence-corrected chi connectivity index (χ2v) is 5.64. The Hall–Kier alpha value is -2.27. The molecule has 23 heavy (non-hydrogen) atoms. The first-order chi connectivity index (χ1) is 11.0. The predicted molar refractivity (Wildman–Crippen MR) is 83.1 cm³/mol. The van der Waals surface area contributed by atoms with Crippen LogP contribution in [0.15, 0.2) is 52.9 Å². The number of ketones is 1. The molecular weight excluding hydrogens is 322 g/mol. The minimum atomic E-state index is -3.23. The van der Waals surface area contributed by atoms with Crippen LogP contribution in [-0.4, -0.2) is 17.3 Å². The number of fused-ring (bicyclic) bond motifs is 1. The molecule has 3 aromatic rings. The summed E-state index contributed by atoms with van der Waals surface area (Å²) in [5, 5.41) is 0.560. The second kappa shape index (κ2) is 6.46. The molecule has 1 heterocycles. The molecule has 0 aliphatic heterocycles. The van der Waals surface area contributed by atoms with Gasteiger partial charge in [0.2, 0.25) is 0 Å². The summed E-state index contributed by atoms with van der Waals surface area (Å²) in [4.78, 5) is 20.4. The third kappa shape index (κ3) is 3.40. The van der Waals surface area contributed by atoms with Crippen LogP contribution in [0, 0.1) is 5.82 Å². The van der Waals surface area contributed by atoms with E-state index in [1.165, 1.54) is 6.07 Å². The zero-order valence-electron chi connectivity index (χ0n) is 11.8. The largest absolute Gasteiger partial charge is 0.456 e. The molecule has 5 nitrogen and oxygen atoms in total. The summed E-state index contributed by atoms with van der Waals surface area (Å²) >= 11 is 0. The summed E-state index contributed by atoms with van der Waals surface area (Å²) in [5.74, 6) is -0.918. The van der Waals surface area contributed by atoms with E-state index in [2.05, 4.69) is 4.52 Å². The number of rotatable bonds is 5. The molecule has 0 radical (unpaired) electrons. The number of carbonyl (C=O) groups is 1. The molecule has 0 spiro atoms. The van der Waals surface area contributed by atoms with E-state index in [1.54, 1.807) is 6.07 Å². The quantitative estimate of drug-likeness (QED) is 0.567. The molecule has 0 amide bonds. The number of benzene rings is 2. The first kappa shape index (κ1) is 15.6. The molecule has 2 aromatic carbocycles. The number of carbonyl (C=O) groups excluding carboxylic acids is 1. The van der Waals surface area contributed by atoms with Crippen LogP contribution in [-0.2, 0) is 9.09 Å². The minimum Gasteiger partial charge on any atom is -0.456 e. The topological polar surface area (TPSA) is 76.7 Å². The predicted octanol–water partition coefficient (Wildman–Crippen LogP) is 3.82. The van der Waals surface area contributed by atoms with Gasteiger partial charge in [-0.25, -0.2) is 4.39 Å². The zero-order valence-corrected chi connectivity index (χ0v) is 12.8. The molecule has 0 fully saturated rings. The highest BCUT2D eigenvalue weighted by Crippen LogP contribution is 2.29. The number of hydrogen-bond acceptors (Lipinski definition) is 4. The van der Waals surface area contributed by atoms with Crippen LogP contribution < -0.4 is 0 Å². The van der Waals surface area contributed by atoms with Crippen molar-refractivity contribution in [1.29, 1.82) is 0 Å². The van der Waals surface area contributed by atoms with Gasteiger partial charge in [0.05, 0.1) is 5.56 Å². The van der Waals surface area contributed by atoms with Gasteiger partial charge in [0.15, 0.2) is 5.78 Å².